The standard InChI is InChI=1S/C19H26N2O/c1-2-18-9-5-12-21(14-18)13-11-19(22)15-6-3-4-7-16(15)20-17(19)8-10-18/h3-4,6-7,22H,2,5,8-14H2,1H3. The first-order chi connectivity index (χ1) is 10.7. The lowest BCUT2D eigenvalue weighted by Gasteiger charge is -2.42. The van der Waals surface area contributed by atoms with Crippen LogP contribution in [0.15, 0.2) is 29.3 Å². The highest BCUT2D eigenvalue weighted by Crippen LogP contribution is 2.46. The van der Waals surface area contributed by atoms with Gasteiger partial charge in [-0.25, -0.2) is 0 Å². The molecule has 3 heteroatoms. The van der Waals surface area contributed by atoms with Gasteiger partial charge in [-0.05, 0) is 56.6 Å². The molecule has 118 valence electrons. The van der Waals surface area contributed by atoms with Gasteiger partial charge in [0.05, 0.1) is 11.4 Å². The SMILES string of the molecule is CCC12CCCN(CCC3(O)C(=Nc4ccccc43)CC1)C2. The summed E-state index contributed by atoms with van der Waals surface area (Å²) in [5.41, 5.74) is 2.61. The number of aliphatic hydroxyl groups is 1. The highest BCUT2D eigenvalue weighted by Gasteiger charge is 2.44. The number of hydrogen-bond acceptors (Lipinski definition) is 3. The highest BCUT2D eigenvalue weighted by atomic mass is 16.3. The normalized spacial score (nSPS) is 37.4. The number of rotatable bonds is 1. The highest BCUT2D eigenvalue weighted by molar-refractivity contribution is 6.00. The molecular weight excluding hydrogens is 272 g/mol. The third-order valence-electron chi connectivity index (χ3n) is 6.25. The van der Waals surface area contributed by atoms with Crippen LogP contribution >= 0.6 is 0 Å². The summed E-state index contributed by atoms with van der Waals surface area (Å²) in [5.74, 6) is 0. The van der Waals surface area contributed by atoms with E-state index in [1.165, 1.54) is 32.4 Å². The Balaban J connectivity index is 1.72. The van der Waals surface area contributed by atoms with E-state index < -0.39 is 5.60 Å². The minimum Gasteiger partial charge on any atom is -0.379 e. The summed E-state index contributed by atoms with van der Waals surface area (Å²) in [6.45, 7) is 5.70. The quantitative estimate of drug-likeness (QED) is 0.859. The number of piperidine rings is 1. The van der Waals surface area contributed by atoms with E-state index in [9.17, 15) is 5.11 Å². The average Bonchev–Trinajstić information content (AvgIpc) is 2.85. The Morgan fingerprint density at radius 3 is 2.91 bits per heavy atom. The van der Waals surface area contributed by atoms with Crippen LogP contribution < -0.4 is 0 Å². The predicted molar refractivity (Wildman–Crippen MR) is 89.7 cm³/mol. The first-order valence-electron chi connectivity index (χ1n) is 8.78. The molecule has 0 saturated carbocycles. The van der Waals surface area contributed by atoms with Crippen molar-refractivity contribution < 1.29 is 5.11 Å². The van der Waals surface area contributed by atoms with Crippen molar-refractivity contribution >= 4 is 11.4 Å². The van der Waals surface area contributed by atoms with Crippen molar-refractivity contribution in [3.05, 3.63) is 29.8 Å². The summed E-state index contributed by atoms with van der Waals surface area (Å²) < 4.78 is 0. The van der Waals surface area contributed by atoms with Gasteiger partial charge >= 0.3 is 0 Å². The fraction of sp³-hybridized carbons (Fsp3) is 0.632. The van der Waals surface area contributed by atoms with Crippen molar-refractivity contribution in [2.75, 3.05) is 19.6 Å². The molecule has 0 amide bonds. The zero-order chi connectivity index (χ0) is 15.2. The summed E-state index contributed by atoms with van der Waals surface area (Å²) in [4.78, 5) is 7.39. The maximum absolute atomic E-state index is 11.4. The van der Waals surface area contributed by atoms with Crippen molar-refractivity contribution in [1.29, 1.82) is 0 Å². The number of aliphatic imine (C=N–C) groups is 1. The number of para-hydroxylation sites is 1. The predicted octanol–water partition coefficient (Wildman–Crippen LogP) is 3.64. The summed E-state index contributed by atoms with van der Waals surface area (Å²) in [5, 5.41) is 11.4. The molecule has 0 spiro atoms. The topological polar surface area (TPSA) is 35.8 Å². The molecule has 3 aliphatic rings. The largest absolute Gasteiger partial charge is 0.379 e. The molecule has 22 heavy (non-hydrogen) atoms. The van der Waals surface area contributed by atoms with Crippen LogP contribution in [0.1, 0.15) is 51.0 Å². The summed E-state index contributed by atoms with van der Waals surface area (Å²) in [7, 11) is 0. The smallest absolute Gasteiger partial charge is 0.131 e. The van der Waals surface area contributed by atoms with Gasteiger partial charge in [-0.2, -0.15) is 0 Å². The second kappa shape index (κ2) is 5.17. The van der Waals surface area contributed by atoms with Crippen LogP contribution in [-0.4, -0.2) is 35.4 Å². The summed E-state index contributed by atoms with van der Waals surface area (Å²) >= 11 is 0. The Hall–Kier alpha value is -1.19. The third-order valence-corrected chi connectivity index (χ3v) is 6.25. The lowest BCUT2D eigenvalue weighted by atomic mass is 9.73. The molecule has 0 aromatic heterocycles. The Morgan fingerprint density at radius 2 is 2.05 bits per heavy atom. The minimum atomic E-state index is -0.830. The molecule has 3 aliphatic heterocycles. The molecule has 1 aromatic carbocycles. The van der Waals surface area contributed by atoms with Crippen LogP contribution in [0.3, 0.4) is 0 Å². The van der Waals surface area contributed by atoms with Gasteiger partial charge in [0.1, 0.15) is 5.60 Å². The summed E-state index contributed by atoms with van der Waals surface area (Å²) in [6.07, 6.45) is 6.75. The molecule has 0 aliphatic carbocycles. The van der Waals surface area contributed by atoms with E-state index in [0.29, 0.717) is 5.41 Å². The molecule has 3 heterocycles. The van der Waals surface area contributed by atoms with Crippen LogP contribution in [0.2, 0.25) is 0 Å². The molecule has 3 atom stereocenters. The van der Waals surface area contributed by atoms with Crippen molar-refractivity contribution in [1.82, 2.24) is 4.90 Å². The first kappa shape index (κ1) is 14.4. The van der Waals surface area contributed by atoms with Crippen LogP contribution in [0.5, 0.6) is 0 Å². The van der Waals surface area contributed by atoms with Crippen molar-refractivity contribution in [3.8, 4) is 0 Å². The maximum Gasteiger partial charge on any atom is 0.131 e. The fourth-order valence-electron chi connectivity index (χ4n) is 4.73. The van der Waals surface area contributed by atoms with E-state index in [2.05, 4.69) is 17.9 Å². The second-order valence-corrected chi connectivity index (χ2v) is 7.42. The molecule has 2 bridgehead atoms. The molecule has 4 rings (SSSR count). The number of benzene rings is 1. The van der Waals surface area contributed by atoms with Crippen molar-refractivity contribution in [2.45, 2.75) is 51.0 Å². The van der Waals surface area contributed by atoms with Gasteiger partial charge in [0.15, 0.2) is 0 Å². The van der Waals surface area contributed by atoms with Crippen LogP contribution in [0.25, 0.3) is 0 Å². The lowest BCUT2D eigenvalue weighted by Crippen LogP contribution is -2.43. The minimum absolute atomic E-state index is 0.431. The van der Waals surface area contributed by atoms with Crippen LogP contribution in [0, 0.1) is 5.41 Å². The van der Waals surface area contributed by atoms with E-state index in [1.54, 1.807) is 0 Å². The van der Waals surface area contributed by atoms with E-state index >= 15 is 0 Å². The molecule has 0 radical (unpaired) electrons. The Labute approximate surface area is 133 Å². The Kier molecular flexibility index (Phi) is 3.39. The molecular formula is C19H26N2O. The van der Waals surface area contributed by atoms with Gasteiger partial charge in [0.2, 0.25) is 0 Å². The molecule has 3 nitrogen and oxygen atoms in total. The fourth-order valence-corrected chi connectivity index (χ4v) is 4.73. The lowest BCUT2D eigenvalue weighted by molar-refractivity contribution is 0.0565. The maximum atomic E-state index is 11.4. The van der Waals surface area contributed by atoms with Gasteiger partial charge < -0.3 is 10.0 Å². The molecule has 2 fully saturated rings. The van der Waals surface area contributed by atoms with E-state index in [-0.39, 0.29) is 0 Å². The van der Waals surface area contributed by atoms with E-state index in [0.717, 1.165) is 42.8 Å². The number of nitrogens with zero attached hydrogens (tertiary/aromatic N) is 2. The van der Waals surface area contributed by atoms with Crippen LogP contribution in [0.4, 0.5) is 5.69 Å². The Morgan fingerprint density at radius 1 is 1.18 bits per heavy atom. The average molecular weight is 298 g/mol. The van der Waals surface area contributed by atoms with Gasteiger partial charge in [0.25, 0.3) is 0 Å². The molecule has 1 aromatic rings. The zero-order valence-electron chi connectivity index (χ0n) is 13.5. The number of hydrogen-bond donors (Lipinski definition) is 1. The third kappa shape index (κ3) is 2.14. The van der Waals surface area contributed by atoms with Gasteiger partial charge in [-0.3, -0.25) is 4.99 Å². The molecule has 1 N–H and O–H groups in total. The van der Waals surface area contributed by atoms with Gasteiger partial charge in [-0.15, -0.1) is 0 Å². The summed E-state index contributed by atoms with van der Waals surface area (Å²) in [6, 6.07) is 8.13. The molecule has 2 saturated heterocycles. The van der Waals surface area contributed by atoms with Crippen molar-refractivity contribution in [2.24, 2.45) is 10.4 Å². The number of fused-ring (bicyclic) bond motifs is 5. The Bertz CT molecular complexity index is 611. The van der Waals surface area contributed by atoms with Gasteiger partial charge in [-0.1, -0.05) is 25.1 Å². The first-order valence-corrected chi connectivity index (χ1v) is 8.78. The van der Waals surface area contributed by atoms with Crippen molar-refractivity contribution in [3.63, 3.8) is 0 Å². The van der Waals surface area contributed by atoms with E-state index in [1.807, 2.05) is 18.2 Å². The van der Waals surface area contributed by atoms with Gasteiger partial charge in [0, 0.05) is 18.7 Å². The van der Waals surface area contributed by atoms with E-state index in [4.69, 9.17) is 4.99 Å². The van der Waals surface area contributed by atoms with Crippen LogP contribution in [-0.2, 0) is 5.60 Å². The second-order valence-electron chi connectivity index (χ2n) is 7.42. The molecule has 3 unspecified atom stereocenters. The monoisotopic (exact) mass is 298 g/mol. The zero-order valence-corrected chi connectivity index (χ0v) is 13.5.